The Kier molecular flexibility index (Phi) is 4.75. The Morgan fingerprint density at radius 1 is 1.19 bits per heavy atom. The van der Waals surface area contributed by atoms with Crippen LogP contribution in [0.1, 0.15) is 31.9 Å². The van der Waals surface area contributed by atoms with Gasteiger partial charge in [-0.1, -0.05) is 12.1 Å². The first kappa shape index (κ1) is 17.5. The summed E-state index contributed by atoms with van der Waals surface area (Å²) in [7, 11) is 0. The Morgan fingerprint density at radius 2 is 2.04 bits per heavy atom. The van der Waals surface area contributed by atoms with Crippen molar-refractivity contribution in [1.82, 2.24) is 19.4 Å². The standard InChI is InChI=1S/C20H22N4O3/c1-14(25)23-9-4-5-15(8-10-23)11-16-12-22-19(13-21-16)24-17-6-2-3-7-18(17)27-20(24)26/h2-3,6-7,12-13,15H,4-5,8-11H2,1H3/t15-/m0/s1. The molecule has 140 valence electrons. The second-order valence-electron chi connectivity index (χ2n) is 7.04. The number of carbonyl (C=O) groups is 1. The molecule has 1 aromatic carbocycles. The predicted octanol–water partition coefficient (Wildman–Crippen LogP) is 2.56. The summed E-state index contributed by atoms with van der Waals surface area (Å²) < 4.78 is 6.69. The summed E-state index contributed by atoms with van der Waals surface area (Å²) in [4.78, 5) is 34.6. The number of likely N-dealkylation sites (tertiary alicyclic amines) is 1. The van der Waals surface area contributed by atoms with Crippen molar-refractivity contribution in [3.8, 4) is 5.82 Å². The van der Waals surface area contributed by atoms with Crippen LogP contribution in [0.5, 0.6) is 0 Å². The molecule has 0 radical (unpaired) electrons. The van der Waals surface area contributed by atoms with Crippen molar-refractivity contribution < 1.29 is 9.21 Å². The molecule has 4 rings (SSSR count). The molecule has 1 saturated heterocycles. The summed E-state index contributed by atoms with van der Waals surface area (Å²) in [5, 5.41) is 0. The van der Waals surface area contributed by atoms with Crippen LogP contribution in [0, 0.1) is 5.92 Å². The van der Waals surface area contributed by atoms with Gasteiger partial charge in [0.2, 0.25) is 5.91 Å². The van der Waals surface area contributed by atoms with Gasteiger partial charge in [0.1, 0.15) is 0 Å². The number of aromatic nitrogens is 3. The Labute approximate surface area is 156 Å². The highest BCUT2D eigenvalue weighted by molar-refractivity contribution is 5.74. The molecule has 0 aliphatic carbocycles. The molecule has 1 amide bonds. The van der Waals surface area contributed by atoms with Crippen LogP contribution in [-0.4, -0.2) is 38.4 Å². The molecule has 0 N–H and O–H groups in total. The van der Waals surface area contributed by atoms with Crippen LogP contribution >= 0.6 is 0 Å². The van der Waals surface area contributed by atoms with Crippen molar-refractivity contribution in [1.29, 1.82) is 0 Å². The van der Waals surface area contributed by atoms with Crippen molar-refractivity contribution in [2.24, 2.45) is 5.92 Å². The third kappa shape index (κ3) is 3.63. The Balaban J connectivity index is 1.50. The summed E-state index contributed by atoms with van der Waals surface area (Å²) in [5.41, 5.74) is 2.11. The first-order chi connectivity index (χ1) is 13.1. The molecule has 7 nitrogen and oxygen atoms in total. The van der Waals surface area contributed by atoms with Crippen LogP contribution < -0.4 is 5.76 Å². The van der Waals surface area contributed by atoms with E-state index in [9.17, 15) is 9.59 Å². The summed E-state index contributed by atoms with van der Waals surface area (Å²) in [6.07, 6.45) is 7.27. The van der Waals surface area contributed by atoms with Gasteiger partial charge in [-0.15, -0.1) is 0 Å². The molecule has 1 fully saturated rings. The maximum absolute atomic E-state index is 12.2. The second-order valence-corrected chi connectivity index (χ2v) is 7.04. The molecule has 2 aromatic heterocycles. The lowest BCUT2D eigenvalue weighted by atomic mass is 9.95. The predicted molar refractivity (Wildman–Crippen MR) is 101 cm³/mol. The van der Waals surface area contributed by atoms with Gasteiger partial charge in [-0.05, 0) is 43.7 Å². The maximum atomic E-state index is 12.2. The van der Waals surface area contributed by atoms with Crippen molar-refractivity contribution in [3.63, 3.8) is 0 Å². The number of fused-ring (bicyclic) bond motifs is 1. The zero-order valence-corrected chi connectivity index (χ0v) is 15.3. The highest BCUT2D eigenvalue weighted by Crippen LogP contribution is 2.21. The summed E-state index contributed by atoms with van der Waals surface area (Å²) >= 11 is 0. The number of amides is 1. The van der Waals surface area contributed by atoms with Gasteiger partial charge in [0.15, 0.2) is 11.4 Å². The van der Waals surface area contributed by atoms with Crippen molar-refractivity contribution in [2.45, 2.75) is 32.6 Å². The van der Waals surface area contributed by atoms with Crippen molar-refractivity contribution >= 4 is 17.0 Å². The molecular weight excluding hydrogens is 344 g/mol. The molecule has 0 saturated carbocycles. The van der Waals surface area contributed by atoms with Gasteiger partial charge < -0.3 is 9.32 Å². The zero-order valence-electron chi connectivity index (χ0n) is 15.3. The zero-order chi connectivity index (χ0) is 18.8. The van der Waals surface area contributed by atoms with E-state index < -0.39 is 5.76 Å². The number of hydrogen-bond donors (Lipinski definition) is 0. The lowest BCUT2D eigenvalue weighted by molar-refractivity contribution is -0.128. The van der Waals surface area contributed by atoms with E-state index in [1.807, 2.05) is 23.1 Å². The van der Waals surface area contributed by atoms with E-state index in [0.717, 1.165) is 44.5 Å². The van der Waals surface area contributed by atoms with E-state index in [4.69, 9.17) is 4.42 Å². The van der Waals surface area contributed by atoms with Crippen LogP contribution in [0.15, 0.2) is 45.9 Å². The van der Waals surface area contributed by atoms with Crippen LogP contribution in [0.2, 0.25) is 0 Å². The molecule has 7 heteroatoms. The fourth-order valence-corrected chi connectivity index (χ4v) is 3.73. The van der Waals surface area contributed by atoms with Gasteiger partial charge in [-0.3, -0.25) is 9.78 Å². The fourth-order valence-electron chi connectivity index (χ4n) is 3.73. The van der Waals surface area contributed by atoms with Gasteiger partial charge >= 0.3 is 5.76 Å². The first-order valence-corrected chi connectivity index (χ1v) is 9.29. The highest BCUT2D eigenvalue weighted by atomic mass is 16.4. The van der Waals surface area contributed by atoms with E-state index in [1.54, 1.807) is 25.4 Å². The third-order valence-electron chi connectivity index (χ3n) is 5.20. The van der Waals surface area contributed by atoms with Crippen LogP contribution in [-0.2, 0) is 11.2 Å². The average Bonchev–Trinajstić information content (AvgIpc) is 2.83. The number of rotatable bonds is 3. The molecule has 0 bridgehead atoms. The molecule has 3 aromatic rings. The lowest BCUT2D eigenvalue weighted by Gasteiger charge is -2.18. The molecular formula is C20H22N4O3. The maximum Gasteiger partial charge on any atom is 0.425 e. The Morgan fingerprint density at radius 3 is 2.81 bits per heavy atom. The first-order valence-electron chi connectivity index (χ1n) is 9.29. The number of hydrogen-bond acceptors (Lipinski definition) is 5. The van der Waals surface area contributed by atoms with Gasteiger partial charge in [-0.25, -0.2) is 14.3 Å². The van der Waals surface area contributed by atoms with E-state index in [0.29, 0.717) is 22.8 Å². The van der Waals surface area contributed by atoms with E-state index in [2.05, 4.69) is 9.97 Å². The minimum Gasteiger partial charge on any atom is -0.407 e. The molecule has 3 heterocycles. The number of para-hydroxylation sites is 2. The quantitative estimate of drug-likeness (QED) is 0.712. The van der Waals surface area contributed by atoms with Crippen molar-refractivity contribution in [3.05, 3.63) is 52.9 Å². The number of benzene rings is 1. The SMILES string of the molecule is CC(=O)N1CCC[C@H](Cc2cnc(-n3c(=O)oc4ccccc43)cn2)CC1. The van der Waals surface area contributed by atoms with E-state index >= 15 is 0 Å². The molecule has 1 atom stereocenters. The topological polar surface area (TPSA) is 81.2 Å². The van der Waals surface area contributed by atoms with Gasteiger partial charge in [0.05, 0.1) is 23.6 Å². The van der Waals surface area contributed by atoms with Crippen LogP contribution in [0.3, 0.4) is 0 Å². The number of oxazole rings is 1. The Bertz CT molecular complexity index is 1010. The largest absolute Gasteiger partial charge is 0.425 e. The third-order valence-corrected chi connectivity index (χ3v) is 5.20. The fraction of sp³-hybridized carbons (Fsp3) is 0.400. The molecule has 1 aliphatic rings. The monoisotopic (exact) mass is 366 g/mol. The van der Waals surface area contributed by atoms with Gasteiger partial charge in [0.25, 0.3) is 0 Å². The summed E-state index contributed by atoms with van der Waals surface area (Å²) in [6, 6.07) is 7.25. The Hall–Kier alpha value is -2.96. The lowest BCUT2D eigenvalue weighted by Crippen LogP contribution is -2.29. The van der Waals surface area contributed by atoms with Gasteiger partial charge in [-0.2, -0.15) is 0 Å². The van der Waals surface area contributed by atoms with Gasteiger partial charge in [0, 0.05) is 20.0 Å². The summed E-state index contributed by atoms with van der Waals surface area (Å²) in [6.45, 7) is 3.28. The van der Waals surface area contributed by atoms with Crippen LogP contribution in [0.4, 0.5) is 0 Å². The average molecular weight is 366 g/mol. The minimum absolute atomic E-state index is 0.151. The van der Waals surface area contributed by atoms with E-state index in [1.165, 1.54) is 4.57 Å². The highest BCUT2D eigenvalue weighted by Gasteiger charge is 2.19. The molecule has 1 aliphatic heterocycles. The number of carbonyl (C=O) groups excluding carboxylic acids is 1. The molecule has 0 unspecified atom stereocenters. The molecule has 0 spiro atoms. The van der Waals surface area contributed by atoms with Crippen molar-refractivity contribution in [2.75, 3.05) is 13.1 Å². The van der Waals surface area contributed by atoms with E-state index in [-0.39, 0.29) is 5.91 Å². The molecule has 27 heavy (non-hydrogen) atoms. The van der Waals surface area contributed by atoms with Crippen LogP contribution in [0.25, 0.3) is 16.9 Å². The summed E-state index contributed by atoms with van der Waals surface area (Å²) in [5.74, 6) is 0.633. The smallest absolute Gasteiger partial charge is 0.407 e. The normalized spacial score (nSPS) is 17.8. The minimum atomic E-state index is -0.466. The second kappa shape index (κ2) is 7.34. The number of nitrogens with zero attached hydrogens (tertiary/aromatic N) is 4.